The first-order chi connectivity index (χ1) is 6.76. The molecule has 0 aromatic rings. The van der Waals surface area contributed by atoms with Crippen molar-refractivity contribution in [3.8, 4) is 12.3 Å². The summed E-state index contributed by atoms with van der Waals surface area (Å²) in [6, 6.07) is 0.914. The van der Waals surface area contributed by atoms with Crippen molar-refractivity contribution in [3.63, 3.8) is 0 Å². The second-order valence-corrected chi connectivity index (χ2v) is 4.56. The summed E-state index contributed by atoms with van der Waals surface area (Å²) in [6.07, 6.45) is 13.5. The fourth-order valence-electron chi connectivity index (χ4n) is 2.43. The molecule has 14 heavy (non-hydrogen) atoms. The van der Waals surface area contributed by atoms with Gasteiger partial charge >= 0.3 is 0 Å². The van der Waals surface area contributed by atoms with Crippen molar-refractivity contribution in [2.24, 2.45) is 5.92 Å². The average Bonchev–Trinajstić information content (AvgIpc) is 2.21. The lowest BCUT2D eigenvalue weighted by molar-refractivity contribution is 0.274. The monoisotopic (exact) mass is 193 g/mol. The molecular weight excluding hydrogens is 170 g/mol. The molecule has 1 aliphatic carbocycles. The third-order valence-corrected chi connectivity index (χ3v) is 3.28. The highest BCUT2D eigenvalue weighted by atomic mass is 14.9. The maximum atomic E-state index is 5.35. The molecule has 1 rings (SSSR count). The Labute approximate surface area is 88.7 Å². The van der Waals surface area contributed by atoms with Gasteiger partial charge in [0, 0.05) is 6.04 Å². The van der Waals surface area contributed by atoms with E-state index < -0.39 is 0 Å². The van der Waals surface area contributed by atoms with E-state index in [0.29, 0.717) is 6.04 Å². The molecule has 1 saturated carbocycles. The first kappa shape index (κ1) is 11.6. The highest BCUT2D eigenvalue weighted by Gasteiger charge is 2.20. The fourth-order valence-corrected chi connectivity index (χ4v) is 2.43. The van der Waals surface area contributed by atoms with Crippen molar-refractivity contribution in [1.29, 1.82) is 0 Å². The predicted molar refractivity (Wildman–Crippen MR) is 62.1 cm³/mol. The summed E-state index contributed by atoms with van der Waals surface area (Å²) >= 11 is 0. The average molecular weight is 193 g/mol. The number of nitrogens with one attached hydrogen (secondary N) is 1. The molecule has 1 nitrogen and oxygen atoms in total. The molecule has 1 atom stereocenters. The Kier molecular flexibility index (Phi) is 5.04. The second kappa shape index (κ2) is 6.09. The van der Waals surface area contributed by atoms with Gasteiger partial charge in [-0.25, -0.2) is 0 Å². The quantitative estimate of drug-likeness (QED) is 0.677. The van der Waals surface area contributed by atoms with Crippen LogP contribution in [0.3, 0.4) is 0 Å². The van der Waals surface area contributed by atoms with E-state index in [1.165, 1.54) is 38.5 Å². The van der Waals surface area contributed by atoms with E-state index in [2.05, 4.69) is 25.1 Å². The van der Waals surface area contributed by atoms with Gasteiger partial charge in [0.15, 0.2) is 0 Å². The van der Waals surface area contributed by atoms with Gasteiger partial charge in [-0.2, -0.15) is 0 Å². The van der Waals surface area contributed by atoms with Crippen LogP contribution >= 0.6 is 0 Å². The van der Waals surface area contributed by atoms with E-state index in [0.717, 1.165) is 5.92 Å². The van der Waals surface area contributed by atoms with Gasteiger partial charge in [-0.05, 0) is 38.5 Å². The van der Waals surface area contributed by atoms with Crippen molar-refractivity contribution >= 4 is 0 Å². The molecule has 0 amide bonds. The van der Waals surface area contributed by atoms with Gasteiger partial charge < -0.3 is 5.32 Å². The predicted octanol–water partition coefficient (Wildman–Crippen LogP) is 2.96. The van der Waals surface area contributed by atoms with Gasteiger partial charge in [0.05, 0.1) is 6.04 Å². The van der Waals surface area contributed by atoms with Crippen LogP contribution in [-0.4, -0.2) is 12.1 Å². The summed E-state index contributed by atoms with van der Waals surface area (Å²) in [6.45, 7) is 4.35. The van der Waals surface area contributed by atoms with Crippen LogP contribution in [0.1, 0.15) is 52.4 Å². The molecule has 1 unspecified atom stereocenters. The molecule has 0 heterocycles. The van der Waals surface area contributed by atoms with E-state index >= 15 is 0 Å². The summed E-state index contributed by atoms with van der Waals surface area (Å²) in [7, 11) is 0. The number of hydrogen-bond donors (Lipinski definition) is 1. The maximum Gasteiger partial charge on any atom is 0.0660 e. The van der Waals surface area contributed by atoms with Crippen LogP contribution < -0.4 is 5.32 Å². The molecule has 80 valence electrons. The van der Waals surface area contributed by atoms with E-state index in [9.17, 15) is 0 Å². The lowest BCUT2D eigenvalue weighted by atomic mass is 9.83. The van der Waals surface area contributed by atoms with Crippen LogP contribution in [0, 0.1) is 18.3 Å². The lowest BCUT2D eigenvalue weighted by Gasteiger charge is -2.30. The minimum atomic E-state index is 0.239. The number of rotatable bonds is 4. The van der Waals surface area contributed by atoms with Crippen LogP contribution in [-0.2, 0) is 0 Å². The summed E-state index contributed by atoms with van der Waals surface area (Å²) < 4.78 is 0. The van der Waals surface area contributed by atoms with Crippen molar-refractivity contribution in [3.05, 3.63) is 0 Å². The molecule has 1 aliphatic rings. The highest BCUT2D eigenvalue weighted by Crippen LogP contribution is 2.27. The molecule has 0 radical (unpaired) electrons. The molecule has 0 aliphatic heterocycles. The molecule has 1 heteroatoms. The normalized spacial score (nSPS) is 29.5. The van der Waals surface area contributed by atoms with Gasteiger partial charge in [0.1, 0.15) is 0 Å². The van der Waals surface area contributed by atoms with Crippen molar-refractivity contribution in [2.75, 3.05) is 0 Å². The molecule has 1 fully saturated rings. The molecule has 0 bridgehead atoms. The first-order valence-corrected chi connectivity index (χ1v) is 5.98. The topological polar surface area (TPSA) is 12.0 Å². The van der Waals surface area contributed by atoms with E-state index in [1.807, 2.05) is 0 Å². The Morgan fingerprint density at radius 1 is 1.36 bits per heavy atom. The molecule has 1 N–H and O–H groups in total. The van der Waals surface area contributed by atoms with Gasteiger partial charge in [-0.15, -0.1) is 6.42 Å². The molecule has 0 spiro atoms. The van der Waals surface area contributed by atoms with Crippen LogP contribution in [0.2, 0.25) is 0 Å². The molecular formula is C13H23N. The molecule has 0 aromatic heterocycles. The summed E-state index contributed by atoms with van der Waals surface area (Å²) in [5, 5.41) is 3.50. The minimum absolute atomic E-state index is 0.239. The van der Waals surface area contributed by atoms with Gasteiger partial charge in [-0.1, -0.05) is 25.7 Å². The van der Waals surface area contributed by atoms with Crippen molar-refractivity contribution < 1.29 is 0 Å². The molecule has 0 aromatic carbocycles. The number of terminal acetylenes is 1. The van der Waals surface area contributed by atoms with Crippen LogP contribution in [0.5, 0.6) is 0 Å². The molecule has 0 saturated heterocycles. The zero-order valence-electron chi connectivity index (χ0n) is 9.55. The summed E-state index contributed by atoms with van der Waals surface area (Å²) in [5.74, 6) is 3.72. The third kappa shape index (κ3) is 3.72. The van der Waals surface area contributed by atoms with E-state index in [1.54, 1.807) is 0 Å². The van der Waals surface area contributed by atoms with Gasteiger partial charge in [-0.3, -0.25) is 0 Å². The minimum Gasteiger partial charge on any atom is -0.301 e. The van der Waals surface area contributed by atoms with Gasteiger partial charge in [0.25, 0.3) is 0 Å². The second-order valence-electron chi connectivity index (χ2n) is 4.56. The summed E-state index contributed by atoms with van der Waals surface area (Å²) in [4.78, 5) is 0. The zero-order chi connectivity index (χ0) is 10.4. The smallest absolute Gasteiger partial charge is 0.0660 e. The SMILES string of the molecule is C#CC(C)NC1CCC(CCC)CC1. The van der Waals surface area contributed by atoms with Crippen molar-refractivity contribution in [2.45, 2.75) is 64.5 Å². The largest absolute Gasteiger partial charge is 0.301 e. The third-order valence-electron chi connectivity index (χ3n) is 3.28. The Bertz CT molecular complexity index is 184. The zero-order valence-corrected chi connectivity index (χ0v) is 9.55. The Morgan fingerprint density at radius 2 is 2.00 bits per heavy atom. The van der Waals surface area contributed by atoms with Crippen LogP contribution in [0.15, 0.2) is 0 Å². The van der Waals surface area contributed by atoms with Crippen LogP contribution in [0.4, 0.5) is 0 Å². The Balaban J connectivity index is 2.19. The Morgan fingerprint density at radius 3 is 2.50 bits per heavy atom. The standard InChI is InChI=1S/C13H23N/c1-4-6-12-7-9-13(10-8-12)14-11(3)5-2/h2,11-14H,4,6-10H2,1,3H3. The maximum absolute atomic E-state index is 5.35. The number of hydrogen-bond acceptors (Lipinski definition) is 1. The summed E-state index contributed by atoms with van der Waals surface area (Å²) in [5.41, 5.74) is 0. The Hall–Kier alpha value is -0.480. The lowest BCUT2D eigenvalue weighted by Crippen LogP contribution is -2.38. The fraction of sp³-hybridized carbons (Fsp3) is 0.846. The highest BCUT2D eigenvalue weighted by molar-refractivity contribution is 4.97. The van der Waals surface area contributed by atoms with Gasteiger partial charge in [0.2, 0.25) is 0 Å². The first-order valence-electron chi connectivity index (χ1n) is 5.98. The van der Waals surface area contributed by atoms with Crippen LogP contribution in [0.25, 0.3) is 0 Å². The van der Waals surface area contributed by atoms with Crippen molar-refractivity contribution in [1.82, 2.24) is 5.32 Å². The van der Waals surface area contributed by atoms with E-state index in [-0.39, 0.29) is 6.04 Å². The van der Waals surface area contributed by atoms with E-state index in [4.69, 9.17) is 6.42 Å².